The zero-order chi connectivity index (χ0) is 26.9. The standard InChI is InChI=1S/C27H35ClN5O3P/c1-17-14-18(15-22(29-17)37(5)6)24(34)31-25-30-21-12-9-11-20(28)23(21)33(25)19-10-7-8-13-32(16-19)26(35)36-27(2,3)4/h9,11-12,14-15,19H,7-8,10,13,16H2,1-6H3,(H,30,31,34). The van der Waals surface area contributed by atoms with E-state index < -0.39 is 13.5 Å². The third-order valence-corrected chi connectivity index (χ3v) is 7.66. The summed E-state index contributed by atoms with van der Waals surface area (Å²) in [7, 11) is -0.452. The van der Waals surface area contributed by atoms with Crippen LogP contribution in [-0.2, 0) is 4.74 Å². The molecule has 1 fully saturated rings. The summed E-state index contributed by atoms with van der Waals surface area (Å²) in [5.41, 5.74) is 3.11. The third-order valence-electron chi connectivity index (χ3n) is 6.21. The van der Waals surface area contributed by atoms with E-state index >= 15 is 0 Å². The Morgan fingerprint density at radius 3 is 2.62 bits per heavy atom. The van der Waals surface area contributed by atoms with Crippen molar-refractivity contribution in [1.82, 2.24) is 19.4 Å². The molecule has 0 aliphatic carbocycles. The predicted octanol–water partition coefficient (Wildman–Crippen LogP) is 5.97. The monoisotopic (exact) mass is 543 g/mol. The van der Waals surface area contributed by atoms with Crippen LogP contribution in [0.25, 0.3) is 11.0 Å². The smallest absolute Gasteiger partial charge is 0.410 e. The average molecular weight is 544 g/mol. The van der Waals surface area contributed by atoms with Crippen molar-refractivity contribution in [3.63, 3.8) is 0 Å². The summed E-state index contributed by atoms with van der Waals surface area (Å²) in [5, 5.41) is 3.58. The lowest BCUT2D eigenvalue weighted by Gasteiger charge is -2.29. The number of halogens is 1. The van der Waals surface area contributed by atoms with Crippen LogP contribution < -0.4 is 10.8 Å². The summed E-state index contributed by atoms with van der Waals surface area (Å²) in [6.07, 6.45) is 2.27. The van der Waals surface area contributed by atoms with Gasteiger partial charge in [-0.1, -0.05) is 25.6 Å². The summed E-state index contributed by atoms with van der Waals surface area (Å²) in [4.78, 5) is 37.5. The second-order valence-electron chi connectivity index (χ2n) is 10.7. The van der Waals surface area contributed by atoms with Crippen LogP contribution in [0.2, 0.25) is 5.02 Å². The Bertz CT molecular complexity index is 1320. The number of fused-ring (bicyclic) bond motifs is 1. The number of amides is 2. The normalized spacial score (nSPS) is 16.6. The van der Waals surface area contributed by atoms with Crippen LogP contribution in [0.5, 0.6) is 0 Å². The lowest BCUT2D eigenvalue weighted by atomic mass is 10.1. The van der Waals surface area contributed by atoms with Crippen molar-refractivity contribution in [3.05, 3.63) is 46.6 Å². The number of nitrogens with one attached hydrogen (secondary N) is 1. The van der Waals surface area contributed by atoms with Gasteiger partial charge in [-0.25, -0.2) is 9.78 Å². The molecular formula is C27H35ClN5O3P. The predicted molar refractivity (Wildman–Crippen MR) is 151 cm³/mol. The number of nitrogens with zero attached hydrogens (tertiary/aromatic N) is 4. The zero-order valence-corrected chi connectivity index (χ0v) is 24.0. The van der Waals surface area contributed by atoms with Crippen LogP contribution in [0.1, 0.15) is 62.1 Å². The second kappa shape index (κ2) is 11.0. The number of rotatable bonds is 4. The summed E-state index contributed by atoms with van der Waals surface area (Å²) < 4.78 is 7.65. The molecule has 1 aliphatic heterocycles. The van der Waals surface area contributed by atoms with Crippen molar-refractivity contribution >= 4 is 53.9 Å². The van der Waals surface area contributed by atoms with Gasteiger partial charge in [0.25, 0.3) is 5.91 Å². The fourth-order valence-corrected chi connectivity index (χ4v) is 5.57. The van der Waals surface area contributed by atoms with E-state index in [0.717, 1.165) is 35.9 Å². The molecule has 10 heteroatoms. The van der Waals surface area contributed by atoms with E-state index in [4.69, 9.17) is 21.3 Å². The topological polar surface area (TPSA) is 89.4 Å². The van der Waals surface area contributed by atoms with Gasteiger partial charge in [0, 0.05) is 24.3 Å². The number of benzene rings is 1. The maximum Gasteiger partial charge on any atom is 0.410 e. The zero-order valence-electron chi connectivity index (χ0n) is 22.3. The van der Waals surface area contributed by atoms with E-state index in [0.29, 0.717) is 35.1 Å². The molecule has 3 heterocycles. The van der Waals surface area contributed by atoms with Crippen LogP contribution in [0.3, 0.4) is 0 Å². The molecular weight excluding hydrogens is 509 g/mol. The van der Waals surface area contributed by atoms with Crippen LogP contribution in [0.4, 0.5) is 10.7 Å². The highest BCUT2D eigenvalue weighted by molar-refractivity contribution is 7.63. The Labute approximate surface area is 224 Å². The Balaban J connectivity index is 1.72. The van der Waals surface area contributed by atoms with Gasteiger partial charge in [0.05, 0.1) is 27.5 Å². The third kappa shape index (κ3) is 6.42. The quantitative estimate of drug-likeness (QED) is 0.409. The van der Waals surface area contributed by atoms with Gasteiger partial charge < -0.3 is 14.2 Å². The molecule has 8 nitrogen and oxygen atoms in total. The molecule has 0 spiro atoms. The Morgan fingerprint density at radius 1 is 1.16 bits per heavy atom. The lowest BCUT2D eigenvalue weighted by molar-refractivity contribution is 0.0238. The van der Waals surface area contributed by atoms with Crippen molar-refractivity contribution in [2.24, 2.45) is 0 Å². The van der Waals surface area contributed by atoms with Crippen molar-refractivity contribution in [2.45, 2.75) is 58.6 Å². The van der Waals surface area contributed by atoms with Gasteiger partial charge in [-0.15, -0.1) is 0 Å². The molecule has 1 saturated heterocycles. The fourth-order valence-electron chi connectivity index (χ4n) is 4.56. The number of carbonyl (C=O) groups is 2. The van der Waals surface area contributed by atoms with Crippen LogP contribution >= 0.6 is 19.5 Å². The highest BCUT2D eigenvalue weighted by Crippen LogP contribution is 2.34. The first kappa shape index (κ1) is 27.3. The molecule has 0 saturated carbocycles. The number of carbonyl (C=O) groups excluding carboxylic acids is 2. The van der Waals surface area contributed by atoms with Gasteiger partial charge in [-0.2, -0.15) is 0 Å². The van der Waals surface area contributed by atoms with Gasteiger partial charge in [0.2, 0.25) is 5.95 Å². The van der Waals surface area contributed by atoms with Crippen LogP contribution in [0, 0.1) is 6.92 Å². The maximum absolute atomic E-state index is 13.4. The minimum Gasteiger partial charge on any atom is -0.444 e. The van der Waals surface area contributed by atoms with Gasteiger partial charge in [-0.3, -0.25) is 15.1 Å². The Morgan fingerprint density at radius 2 is 1.92 bits per heavy atom. The number of hydrogen-bond acceptors (Lipinski definition) is 5. The molecule has 2 aromatic heterocycles. The highest BCUT2D eigenvalue weighted by atomic mass is 35.5. The van der Waals surface area contributed by atoms with E-state index in [-0.39, 0.29) is 18.0 Å². The van der Waals surface area contributed by atoms with Crippen molar-refractivity contribution < 1.29 is 14.3 Å². The molecule has 1 N–H and O–H groups in total. The van der Waals surface area contributed by atoms with Gasteiger partial charge in [-0.05, 0) is 84.6 Å². The molecule has 3 aromatic rings. The SMILES string of the molecule is Cc1cc(C(=O)Nc2nc3cccc(Cl)c3n2C2CCCCN(C(=O)OC(C)(C)C)C2)cc(P(C)C)n1. The largest absolute Gasteiger partial charge is 0.444 e. The van der Waals surface area contributed by atoms with Gasteiger partial charge in [0.1, 0.15) is 5.60 Å². The first-order chi connectivity index (χ1) is 17.4. The number of imidazole rings is 1. The van der Waals surface area contributed by atoms with Crippen molar-refractivity contribution in [3.8, 4) is 0 Å². The number of aryl methyl sites for hydroxylation is 1. The molecule has 1 aromatic carbocycles. The number of likely N-dealkylation sites (tertiary alicyclic amines) is 1. The van der Waals surface area contributed by atoms with Gasteiger partial charge in [0.15, 0.2) is 0 Å². The molecule has 1 unspecified atom stereocenters. The molecule has 2 amide bonds. The highest BCUT2D eigenvalue weighted by Gasteiger charge is 2.30. The lowest BCUT2D eigenvalue weighted by Crippen LogP contribution is -2.39. The maximum atomic E-state index is 13.4. The van der Waals surface area contributed by atoms with E-state index in [1.807, 2.05) is 56.5 Å². The Kier molecular flexibility index (Phi) is 8.10. The average Bonchev–Trinajstić information content (AvgIpc) is 2.99. The van der Waals surface area contributed by atoms with Crippen LogP contribution in [-0.4, -0.2) is 63.5 Å². The van der Waals surface area contributed by atoms with E-state index in [1.165, 1.54) is 0 Å². The summed E-state index contributed by atoms with van der Waals surface area (Å²) >= 11 is 6.67. The molecule has 4 rings (SSSR count). The van der Waals surface area contributed by atoms with E-state index in [9.17, 15) is 9.59 Å². The van der Waals surface area contributed by atoms with Crippen LogP contribution in [0.15, 0.2) is 30.3 Å². The summed E-state index contributed by atoms with van der Waals surface area (Å²) in [6.45, 7) is 12.8. The molecule has 37 heavy (non-hydrogen) atoms. The number of aromatic nitrogens is 3. The van der Waals surface area contributed by atoms with E-state index in [1.54, 1.807) is 11.0 Å². The molecule has 198 valence electrons. The number of para-hydroxylation sites is 1. The van der Waals surface area contributed by atoms with Gasteiger partial charge >= 0.3 is 6.09 Å². The first-order valence-corrected chi connectivity index (χ1v) is 15.2. The number of ether oxygens (including phenoxy) is 1. The van der Waals surface area contributed by atoms with Crippen molar-refractivity contribution in [2.75, 3.05) is 31.7 Å². The fraction of sp³-hybridized carbons (Fsp3) is 0.481. The minimum absolute atomic E-state index is 0.135. The summed E-state index contributed by atoms with van der Waals surface area (Å²) in [6, 6.07) is 9.04. The molecule has 1 aliphatic rings. The molecule has 0 bridgehead atoms. The number of anilines is 1. The van der Waals surface area contributed by atoms with E-state index in [2.05, 4.69) is 23.6 Å². The second-order valence-corrected chi connectivity index (χ2v) is 13.3. The summed E-state index contributed by atoms with van der Waals surface area (Å²) in [5.74, 6) is 0.157. The molecule has 1 atom stereocenters. The minimum atomic E-state index is -0.581. The number of hydrogen-bond donors (Lipinski definition) is 1. The number of pyridine rings is 1. The first-order valence-electron chi connectivity index (χ1n) is 12.5. The van der Waals surface area contributed by atoms with Crippen molar-refractivity contribution in [1.29, 1.82) is 0 Å². The Hall–Kier alpha value is -2.70. The molecule has 0 radical (unpaired) electrons.